The Morgan fingerprint density at radius 3 is 2.68 bits per heavy atom. The average Bonchev–Trinajstić information content (AvgIpc) is 2.91. The number of hydrogen-bond donors (Lipinski definition) is 1. The molecule has 0 saturated carbocycles. The van der Waals surface area contributed by atoms with Crippen LogP contribution < -0.4 is 14.8 Å². The van der Waals surface area contributed by atoms with Crippen molar-refractivity contribution in [1.29, 1.82) is 0 Å². The molecule has 2 aromatic carbocycles. The Hall–Kier alpha value is -1.83. The van der Waals surface area contributed by atoms with E-state index < -0.39 is 0 Å². The summed E-state index contributed by atoms with van der Waals surface area (Å²) in [5.74, 6) is 1.02. The Labute approximate surface area is 163 Å². The average molecular weight is 436 g/mol. The number of halogens is 1. The highest BCUT2D eigenvalue weighted by Gasteiger charge is 2.22. The molecular formula is C18H14BrNO3S2. The lowest BCUT2D eigenvalue weighted by molar-refractivity contribution is -0.115. The molecule has 25 heavy (non-hydrogen) atoms. The first kappa shape index (κ1) is 18.0. The van der Waals surface area contributed by atoms with Gasteiger partial charge in [0.05, 0.1) is 16.5 Å². The molecule has 1 fully saturated rings. The SMILES string of the molecule is COc1cc(C=C2SC(=S)NC2=O)cc(Br)c1OCc1ccccc1. The minimum atomic E-state index is -0.186. The highest BCUT2D eigenvalue weighted by atomic mass is 79.9. The molecule has 0 bridgehead atoms. The first-order valence-corrected chi connectivity index (χ1v) is 9.37. The summed E-state index contributed by atoms with van der Waals surface area (Å²) in [5.41, 5.74) is 1.88. The van der Waals surface area contributed by atoms with Crippen LogP contribution in [-0.2, 0) is 11.4 Å². The normalized spacial score (nSPS) is 15.4. The molecule has 3 rings (SSSR count). The number of carbonyl (C=O) groups excluding carboxylic acids is 1. The van der Waals surface area contributed by atoms with Crippen LogP contribution >= 0.6 is 39.9 Å². The van der Waals surface area contributed by atoms with Gasteiger partial charge < -0.3 is 14.8 Å². The second-order valence-corrected chi connectivity index (χ2v) is 7.73. The van der Waals surface area contributed by atoms with Crippen molar-refractivity contribution in [1.82, 2.24) is 5.32 Å². The van der Waals surface area contributed by atoms with E-state index in [0.717, 1.165) is 15.6 Å². The molecule has 1 saturated heterocycles. The minimum absolute atomic E-state index is 0.186. The van der Waals surface area contributed by atoms with Gasteiger partial charge >= 0.3 is 0 Å². The van der Waals surface area contributed by atoms with Gasteiger partial charge in [0.2, 0.25) is 0 Å². The summed E-state index contributed by atoms with van der Waals surface area (Å²) in [7, 11) is 1.58. The lowest BCUT2D eigenvalue weighted by Gasteiger charge is -2.13. The van der Waals surface area contributed by atoms with Crippen LogP contribution in [-0.4, -0.2) is 17.3 Å². The van der Waals surface area contributed by atoms with Crippen molar-refractivity contribution < 1.29 is 14.3 Å². The third-order valence-corrected chi connectivity index (χ3v) is 5.17. The number of ether oxygens (including phenoxy) is 2. The lowest BCUT2D eigenvalue weighted by atomic mass is 10.2. The molecule has 7 heteroatoms. The van der Waals surface area contributed by atoms with Gasteiger partial charge in [0, 0.05) is 0 Å². The van der Waals surface area contributed by atoms with Crippen LogP contribution in [0.2, 0.25) is 0 Å². The van der Waals surface area contributed by atoms with Gasteiger partial charge in [0.15, 0.2) is 11.5 Å². The van der Waals surface area contributed by atoms with Crippen LogP contribution in [0.15, 0.2) is 51.8 Å². The number of rotatable bonds is 5. The minimum Gasteiger partial charge on any atom is -0.493 e. The summed E-state index contributed by atoms with van der Waals surface area (Å²) in [6.07, 6.45) is 1.77. The molecule has 0 radical (unpaired) electrons. The summed E-state index contributed by atoms with van der Waals surface area (Å²) in [6, 6.07) is 13.6. The lowest BCUT2D eigenvalue weighted by Crippen LogP contribution is -2.17. The molecule has 0 atom stereocenters. The molecule has 0 unspecified atom stereocenters. The Morgan fingerprint density at radius 2 is 2.04 bits per heavy atom. The molecule has 0 aliphatic carbocycles. The van der Waals surface area contributed by atoms with Crippen LogP contribution in [0.3, 0.4) is 0 Å². The zero-order chi connectivity index (χ0) is 17.8. The first-order valence-electron chi connectivity index (χ1n) is 7.36. The third-order valence-electron chi connectivity index (χ3n) is 3.42. The van der Waals surface area contributed by atoms with Crippen LogP contribution in [0.4, 0.5) is 0 Å². The van der Waals surface area contributed by atoms with E-state index >= 15 is 0 Å². The van der Waals surface area contributed by atoms with Crippen molar-refractivity contribution in [2.45, 2.75) is 6.61 Å². The van der Waals surface area contributed by atoms with E-state index in [1.807, 2.05) is 42.5 Å². The Morgan fingerprint density at radius 1 is 1.28 bits per heavy atom. The van der Waals surface area contributed by atoms with Crippen molar-refractivity contribution in [3.63, 3.8) is 0 Å². The van der Waals surface area contributed by atoms with Crippen LogP contribution in [0.25, 0.3) is 6.08 Å². The van der Waals surface area contributed by atoms with Crippen molar-refractivity contribution >= 4 is 56.2 Å². The molecule has 2 aromatic rings. The number of thiocarbonyl (C=S) groups is 1. The smallest absolute Gasteiger partial charge is 0.263 e. The second-order valence-electron chi connectivity index (χ2n) is 5.16. The number of nitrogens with one attached hydrogen (secondary N) is 1. The molecule has 128 valence electrons. The summed E-state index contributed by atoms with van der Waals surface area (Å²) in [6.45, 7) is 0.433. The van der Waals surface area contributed by atoms with Gasteiger partial charge in [-0.1, -0.05) is 54.3 Å². The van der Waals surface area contributed by atoms with Gasteiger partial charge in [-0.25, -0.2) is 0 Å². The zero-order valence-corrected chi connectivity index (χ0v) is 16.5. The van der Waals surface area contributed by atoms with E-state index in [2.05, 4.69) is 21.2 Å². The molecule has 1 N–H and O–H groups in total. The molecule has 1 aliphatic rings. The quantitative estimate of drug-likeness (QED) is 0.552. The van der Waals surface area contributed by atoms with Crippen LogP contribution in [0.5, 0.6) is 11.5 Å². The van der Waals surface area contributed by atoms with Crippen molar-refractivity contribution in [3.8, 4) is 11.5 Å². The number of benzene rings is 2. The highest BCUT2D eigenvalue weighted by molar-refractivity contribution is 9.10. The molecule has 0 aromatic heterocycles. The van der Waals surface area contributed by atoms with E-state index in [0.29, 0.717) is 27.3 Å². The largest absolute Gasteiger partial charge is 0.493 e. The van der Waals surface area contributed by atoms with Gasteiger partial charge in [0.1, 0.15) is 10.9 Å². The van der Waals surface area contributed by atoms with Gasteiger partial charge in [0.25, 0.3) is 5.91 Å². The summed E-state index contributed by atoms with van der Waals surface area (Å²) >= 11 is 9.77. The number of hydrogen-bond acceptors (Lipinski definition) is 5. The standard InChI is InChI=1S/C18H14BrNO3S2/c1-22-14-8-12(9-15-17(21)20-18(24)25-15)7-13(19)16(14)23-10-11-5-3-2-4-6-11/h2-9H,10H2,1H3,(H,20,21,24). The van der Waals surface area contributed by atoms with E-state index in [4.69, 9.17) is 21.7 Å². The maximum atomic E-state index is 11.8. The second kappa shape index (κ2) is 8.03. The highest BCUT2D eigenvalue weighted by Crippen LogP contribution is 2.38. The Balaban J connectivity index is 1.85. The first-order chi connectivity index (χ1) is 12.1. The zero-order valence-electron chi connectivity index (χ0n) is 13.2. The molecule has 0 spiro atoms. The number of amides is 1. The summed E-state index contributed by atoms with van der Waals surface area (Å²) < 4.78 is 12.6. The van der Waals surface area contributed by atoms with Crippen molar-refractivity contribution in [2.75, 3.05) is 7.11 Å². The van der Waals surface area contributed by atoms with Crippen LogP contribution in [0.1, 0.15) is 11.1 Å². The topological polar surface area (TPSA) is 47.6 Å². The molecule has 4 nitrogen and oxygen atoms in total. The predicted octanol–water partition coefficient (Wildman–Crippen LogP) is 4.53. The fraction of sp³-hybridized carbons (Fsp3) is 0.111. The van der Waals surface area contributed by atoms with Gasteiger partial charge in [-0.15, -0.1) is 0 Å². The monoisotopic (exact) mass is 435 g/mol. The van der Waals surface area contributed by atoms with Crippen LogP contribution in [0, 0.1) is 0 Å². The number of thioether (sulfide) groups is 1. The van der Waals surface area contributed by atoms with E-state index in [-0.39, 0.29) is 5.91 Å². The predicted molar refractivity (Wildman–Crippen MR) is 108 cm³/mol. The molecule has 1 amide bonds. The number of methoxy groups -OCH3 is 1. The summed E-state index contributed by atoms with van der Waals surface area (Å²) in [4.78, 5) is 12.4. The maximum Gasteiger partial charge on any atom is 0.263 e. The Bertz CT molecular complexity index is 853. The maximum absolute atomic E-state index is 11.8. The van der Waals surface area contributed by atoms with Crippen molar-refractivity contribution in [3.05, 3.63) is 63.0 Å². The summed E-state index contributed by atoms with van der Waals surface area (Å²) in [5, 5.41) is 2.60. The van der Waals surface area contributed by atoms with E-state index in [9.17, 15) is 4.79 Å². The Kier molecular flexibility index (Phi) is 5.78. The van der Waals surface area contributed by atoms with Gasteiger partial charge in [-0.05, 0) is 45.3 Å². The molecule has 1 heterocycles. The molecule has 1 aliphatic heterocycles. The fourth-order valence-electron chi connectivity index (χ4n) is 2.27. The van der Waals surface area contributed by atoms with Crippen molar-refractivity contribution in [2.24, 2.45) is 0 Å². The fourth-order valence-corrected chi connectivity index (χ4v) is 3.88. The molecular weight excluding hydrogens is 422 g/mol. The van der Waals surface area contributed by atoms with Gasteiger partial charge in [-0.3, -0.25) is 4.79 Å². The van der Waals surface area contributed by atoms with E-state index in [1.54, 1.807) is 13.2 Å². The van der Waals surface area contributed by atoms with Gasteiger partial charge in [-0.2, -0.15) is 0 Å². The third kappa shape index (κ3) is 4.42. The number of carbonyl (C=O) groups is 1. The van der Waals surface area contributed by atoms with E-state index in [1.165, 1.54) is 11.8 Å².